The number of allylic oxidation sites excluding steroid dienone is 2. The molecular formula is C60H96N2. The SMILES string of the molecule is CCCCCCCCCCCCCCCCCCCCCCCCCCCC#CC1=C(c2ccc(CCCCCC)cc2)[N+](=[N-])C(c2ccc(CCCC)cc2)=C1CCCCC. The van der Waals surface area contributed by atoms with Crippen molar-refractivity contribution in [3.05, 3.63) is 87.5 Å². The molecule has 0 N–H and O–H groups in total. The Balaban J connectivity index is 1.40. The van der Waals surface area contributed by atoms with E-state index >= 15 is 0 Å². The van der Waals surface area contributed by atoms with Crippen molar-refractivity contribution in [2.75, 3.05) is 0 Å². The van der Waals surface area contributed by atoms with Gasteiger partial charge in [-0.05, 0) is 80.3 Å². The topological polar surface area (TPSA) is 25.3 Å². The Morgan fingerprint density at radius 2 is 0.677 bits per heavy atom. The van der Waals surface area contributed by atoms with E-state index in [1.54, 1.807) is 0 Å². The summed E-state index contributed by atoms with van der Waals surface area (Å²) >= 11 is 0. The summed E-state index contributed by atoms with van der Waals surface area (Å²) in [6, 6.07) is 17.9. The lowest BCUT2D eigenvalue weighted by Crippen LogP contribution is -2.03. The van der Waals surface area contributed by atoms with Crippen LogP contribution in [0.5, 0.6) is 0 Å². The molecule has 2 aromatic carbocycles. The van der Waals surface area contributed by atoms with Crippen LogP contribution in [0.4, 0.5) is 0 Å². The van der Waals surface area contributed by atoms with E-state index in [1.165, 1.54) is 227 Å². The molecule has 1 aliphatic heterocycles. The van der Waals surface area contributed by atoms with Crippen molar-refractivity contribution < 1.29 is 4.70 Å². The smallest absolute Gasteiger partial charge is 0.223 e. The molecular weight excluding hydrogens is 749 g/mol. The highest BCUT2D eigenvalue weighted by Crippen LogP contribution is 2.42. The van der Waals surface area contributed by atoms with Crippen molar-refractivity contribution >= 4 is 11.4 Å². The van der Waals surface area contributed by atoms with E-state index in [-0.39, 0.29) is 0 Å². The Bertz CT molecular complexity index is 1540. The fourth-order valence-electron chi connectivity index (χ4n) is 9.40. The third-order valence-corrected chi connectivity index (χ3v) is 13.5. The zero-order chi connectivity index (χ0) is 44.1. The Hall–Kier alpha value is -2.92. The van der Waals surface area contributed by atoms with Crippen molar-refractivity contribution in [1.82, 2.24) is 0 Å². The highest BCUT2D eigenvalue weighted by molar-refractivity contribution is 5.85. The number of hydrogen-bond acceptors (Lipinski definition) is 0. The molecule has 0 aromatic heterocycles. The van der Waals surface area contributed by atoms with Crippen LogP contribution in [0.15, 0.2) is 59.7 Å². The van der Waals surface area contributed by atoms with Crippen LogP contribution in [0.25, 0.3) is 16.9 Å². The van der Waals surface area contributed by atoms with Gasteiger partial charge in [-0.2, -0.15) is 0 Å². The second-order valence-electron chi connectivity index (χ2n) is 19.2. The summed E-state index contributed by atoms with van der Waals surface area (Å²) < 4.78 is 1.49. The van der Waals surface area contributed by atoms with Gasteiger partial charge in [0.25, 0.3) is 0 Å². The van der Waals surface area contributed by atoms with Crippen LogP contribution in [-0.4, -0.2) is 4.70 Å². The van der Waals surface area contributed by atoms with Crippen molar-refractivity contribution in [1.29, 1.82) is 0 Å². The van der Waals surface area contributed by atoms with Crippen molar-refractivity contribution in [2.45, 2.75) is 272 Å². The molecule has 2 aromatic rings. The molecule has 3 rings (SSSR count). The minimum absolute atomic E-state index is 0.862. The predicted octanol–water partition coefficient (Wildman–Crippen LogP) is 20.1. The normalized spacial score (nSPS) is 12.8. The maximum absolute atomic E-state index is 12.1. The van der Waals surface area contributed by atoms with Crippen molar-refractivity contribution in [3.63, 3.8) is 0 Å². The third kappa shape index (κ3) is 22.6. The van der Waals surface area contributed by atoms with E-state index < -0.39 is 0 Å². The van der Waals surface area contributed by atoms with E-state index in [0.29, 0.717) is 0 Å². The molecule has 0 amide bonds. The Kier molecular flexibility index (Phi) is 31.4. The lowest BCUT2D eigenvalue weighted by atomic mass is 9.94. The molecule has 2 nitrogen and oxygen atoms in total. The summed E-state index contributed by atoms with van der Waals surface area (Å²) in [6.07, 6.45) is 50.5. The van der Waals surface area contributed by atoms with Crippen LogP contribution in [0.1, 0.15) is 281 Å². The van der Waals surface area contributed by atoms with Crippen LogP contribution in [0.2, 0.25) is 0 Å². The number of aryl methyl sites for hydroxylation is 2. The van der Waals surface area contributed by atoms with Gasteiger partial charge in [-0.25, -0.2) is 4.70 Å². The van der Waals surface area contributed by atoms with Crippen LogP contribution in [-0.2, 0) is 12.8 Å². The van der Waals surface area contributed by atoms with Gasteiger partial charge in [0.2, 0.25) is 11.4 Å². The number of unbranched alkanes of at least 4 members (excludes halogenated alkanes) is 31. The minimum Gasteiger partial charge on any atom is -0.493 e. The van der Waals surface area contributed by atoms with Crippen LogP contribution < -0.4 is 0 Å². The Morgan fingerprint density at radius 1 is 0.355 bits per heavy atom. The van der Waals surface area contributed by atoms with Gasteiger partial charge in [0.15, 0.2) is 0 Å². The second kappa shape index (κ2) is 36.4. The summed E-state index contributed by atoms with van der Waals surface area (Å²) in [5, 5.41) is 0. The highest BCUT2D eigenvalue weighted by atomic mass is 15.2. The van der Waals surface area contributed by atoms with E-state index in [9.17, 15) is 5.53 Å². The lowest BCUT2D eigenvalue weighted by molar-refractivity contribution is -0.345. The van der Waals surface area contributed by atoms with Crippen LogP contribution >= 0.6 is 0 Å². The lowest BCUT2D eigenvalue weighted by Gasteiger charge is -2.10. The molecule has 0 fully saturated rings. The first-order chi connectivity index (χ1) is 30.6. The summed E-state index contributed by atoms with van der Waals surface area (Å²) in [4.78, 5) is 0. The van der Waals surface area contributed by atoms with Crippen LogP contribution in [0, 0.1) is 11.8 Å². The van der Waals surface area contributed by atoms with Gasteiger partial charge >= 0.3 is 0 Å². The number of nitrogens with zero attached hydrogens (tertiary/aromatic N) is 2. The van der Waals surface area contributed by atoms with Gasteiger partial charge in [0, 0.05) is 23.1 Å². The molecule has 62 heavy (non-hydrogen) atoms. The Labute approximate surface area is 385 Å². The first-order valence-electron chi connectivity index (χ1n) is 27.3. The number of rotatable bonds is 39. The molecule has 1 aliphatic rings. The largest absolute Gasteiger partial charge is 0.493 e. The minimum atomic E-state index is 0.862. The zero-order valence-corrected chi connectivity index (χ0v) is 41.4. The van der Waals surface area contributed by atoms with E-state index in [0.717, 1.165) is 66.6 Å². The van der Waals surface area contributed by atoms with Gasteiger partial charge in [-0.3, -0.25) is 0 Å². The van der Waals surface area contributed by atoms with Gasteiger partial charge in [-0.15, -0.1) is 0 Å². The van der Waals surface area contributed by atoms with Gasteiger partial charge in [-0.1, -0.05) is 256 Å². The van der Waals surface area contributed by atoms with Crippen LogP contribution in [0.3, 0.4) is 0 Å². The predicted molar refractivity (Wildman–Crippen MR) is 274 cm³/mol. The zero-order valence-electron chi connectivity index (χ0n) is 41.4. The average Bonchev–Trinajstić information content (AvgIpc) is 3.57. The average molecular weight is 845 g/mol. The van der Waals surface area contributed by atoms with Gasteiger partial charge < -0.3 is 5.53 Å². The fraction of sp³-hybridized carbons (Fsp3) is 0.700. The molecule has 0 aliphatic carbocycles. The molecule has 1 heterocycles. The molecule has 346 valence electrons. The van der Waals surface area contributed by atoms with E-state index in [2.05, 4.69) is 88.1 Å². The highest BCUT2D eigenvalue weighted by Gasteiger charge is 2.35. The summed E-state index contributed by atoms with van der Waals surface area (Å²) in [6.45, 7) is 9.10. The number of hydrogen-bond donors (Lipinski definition) is 0. The van der Waals surface area contributed by atoms with Crippen molar-refractivity contribution in [2.24, 2.45) is 0 Å². The second-order valence-corrected chi connectivity index (χ2v) is 19.2. The standard InChI is InChI=1S/C60H96N2/c1-5-9-13-15-16-17-18-19-20-21-22-23-24-25-26-27-28-29-30-31-32-33-34-35-36-37-40-44-58-57(43-38-11-7-3)59(55-49-45-53(46-50-55)41-12-8-4)62(61)60(58)56-51-47-54(48-52-56)42-39-14-10-6-2/h45-52H,5-39,41-43H2,1-4H3. The summed E-state index contributed by atoms with van der Waals surface area (Å²) in [5.74, 6) is 7.29. The molecule has 0 unspecified atom stereocenters. The molecule has 0 saturated heterocycles. The van der Waals surface area contributed by atoms with Gasteiger partial charge in [0.05, 0.1) is 0 Å². The molecule has 0 bridgehead atoms. The van der Waals surface area contributed by atoms with Gasteiger partial charge in [0.1, 0.15) is 5.57 Å². The maximum atomic E-state index is 12.1. The monoisotopic (exact) mass is 845 g/mol. The Morgan fingerprint density at radius 3 is 1.10 bits per heavy atom. The van der Waals surface area contributed by atoms with E-state index in [4.69, 9.17) is 0 Å². The molecule has 0 atom stereocenters. The first kappa shape index (κ1) is 53.4. The molecule has 0 spiro atoms. The molecule has 2 heteroatoms. The molecule has 0 radical (unpaired) electrons. The van der Waals surface area contributed by atoms with E-state index in [1.807, 2.05) is 0 Å². The maximum Gasteiger partial charge on any atom is 0.223 e. The van der Waals surface area contributed by atoms with Crippen molar-refractivity contribution in [3.8, 4) is 11.8 Å². The summed E-state index contributed by atoms with van der Waals surface area (Å²) in [7, 11) is 0. The first-order valence-corrected chi connectivity index (χ1v) is 27.3. The molecule has 0 saturated carbocycles. The fourth-order valence-corrected chi connectivity index (χ4v) is 9.40. The third-order valence-electron chi connectivity index (χ3n) is 13.5. The quantitative estimate of drug-likeness (QED) is 0.0364. The summed E-state index contributed by atoms with van der Waals surface area (Å²) in [5.41, 5.74) is 21.0. The number of benzene rings is 2.